The van der Waals surface area contributed by atoms with Crippen molar-refractivity contribution in [3.05, 3.63) is 29.3 Å². The summed E-state index contributed by atoms with van der Waals surface area (Å²) in [4.78, 5) is 12.0. The summed E-state index contributed by atoms with van der Waals surface area (Å²) in [7, 11) is 0. The Morgan fingerprint density at radius 1 is 1.23 bits per heavy atom. The molecular formula is C19H26N4OS2. The number of nitrogens with zero attached hydrogens (tertiary/aromatic N) is 2. The second kappa shape index (κ2) is 9.37. The van der Waals surface area contributed by atoms with E-state index >= 15 is 0 Å². The Hall–Kier alpha value is -1.60. The standard InChI is InChI=1S/C19H26N4OS2/c1-13-7-6-10-16(14(13)2)21-18-22-23-19(26-18)25-12-11-17(24)20-15-8-4-3-5-9-15/h6-7,10,15H,3-5,8-9,11-12H2,1-2H3,(H,20,24)(H,21,22). The summed E-state index contributed by atoms with van der Waals surface area (Å²) in [6.07, 6.45) is 6.56. The largest absolute Gasteiger partial charge is 0.353 e. The first-order valence-electron chi connectivity index (χ1n) is 9.21. The molecule has 0 unspecified atom stereocenters. The van der Waals surface area contributed by atoms with E-state index in [1.54, 1.807) is 11.8 Å². The lowest BCUT2D eigenvalue weighted by atomic mass is 9.95. The van der Waals surface area contributed by atoms with E-state index < -0.39 is 0 Å². The molecule has 1 saturated carbocycles. The Morgan fingerprint density at radius 3 is 2.85 bits per heavy atom. The summed E-state index contributed by atoms with van der Waals surface area (Å²) in [5, 5.41) is 15.7. The molecule has 0 saturated heterocycles. The third-order valence-corrected chi connectivity index (χ3v) is 6.75. The fourth-order valence-electron chi connectivity index (χ4n) is 3.10. The molecule has 1 amide bonds. The summed E-state index contributed by atoms with van der Waals surface area (Å²) >= 11 is 3.12. The SMILES string of the molecule is Cc1cccc(Nc2nnc(SCCC(=O)NC3CCCCC3)s2)c1C. The zero-order valence-electron chi connectivity index (χ0n) is 15.4. The highest BCUT2D eigenvalue weighted by atomic mass is 32.2. The molecule has 0 atom stereocenters. The quantitative estimate of drug-likeness (QED) is 0.663. The van der Waals surface area contributed by atoms with E-state index in [0.717, 1.165) is 33.8 Å². The van der Waals surface area contributed by atoms with Crippen molar-refractivity contribution in [1.29, 1.82) is 0 Å². The van der Waals surface area contributed by atoms with Crippen LogP contribution in [-0.2, 0) is 4.79 Å². The monoisotopic (exact) mass is 390 g/mol. The maximum Gasteiger partial charge on any atom is 0.221 e. The lowest BCUT2D eigenvalue weighted by Gasteiger charge is -2.22. The van der Waals surface area contributed by atoms with Crippen LogP contribution in [0.3, 0.4) is 0 Å². The van der Waals surface area contributed by atoms with E-state index in [9.17, 15) is 4.79 Å². The van der Waals surface area contributed by atoms with E-state index in [-0.39, 0.29) is 5.91 Å². The zero-order chi connectivity index (χ0) is 18.4. The highest BCUT2D eigenvalue weighted by Crippen LogP contribution is 2.29. The molecule has 5 nitrogen and oxygen atoms in total. The van der Waals surface area contributed by atoms with Crippen molar-refractivity contribution in [2.24, 2.45) is 0 Å². The van der Waals surface area contributed by atoms with Gasteiger partial charge >= 0.3 is 0 Å². The Balaban J connectivity index is 1.43. The van der Waals surface area contributed by atoms with Gasteiger partial charge in [0, 0.05) is 23.9 Å². The third kappa shape index (κ3) is 5.45. The number of carbonyl (C=O) groups excluding carboxylic acids is 1. The van der Waals surface area contributed by atoms with Crippen molar-refractivity contribution in [3.8, 4) is 0 Å². The van der Waals surface area contributed by atoms with Gasteiger partial charge in [0.05, 0.1) is 0 Å². The van der Waals surface area contributed by atoms with E-state index in [2.05, 4.69) is 40.7 Å². The maximum absolute atomic E-state index is 12.0. The van der Waals surface area contributed by atoms with Gasteiger partial charge in [0.2, 0.25) is 11.0 Å². The molecule has 26 heavy (non-hydrogen) atoms. The predicted molar refractivity (Wildman–Crippen MR) is 109 cm³/mol. The van der Waals surface area contributed by atoms with Gasteiger partial charge in [0.15, 0.2) is 4.34 Å². The minimum Gasteiger partial charge on any atom is -0.353 e. The summed E-state index contributed by atoms with van der Waals surface area (Å²) in [6.45, 7) is 4.19. The average molecular weight is 391 g/mol. The number of thioether (sulfide) groups is 1. The van der Waals surface area contributed by atoms with Crippen LogP contribution < -0.4 is 10.6 Å². The summed E-state index contributed by atoms with van der Waals surface area (Å²) in [5.41, 5.74) is 3.53. The molecule has 1 aromatic heterocycles. The highest BCUT2D eigenvalue weighted by molar-refractivity contribution is 8.01. The number of carbonyl (C=O) groups is 1. The van der Waals surface area contributed by atoms with E-state index in [0.29, 0.717) is 12.5 Å². The molecule has 2 N–H and O–H groups in total. The van der Waals surface area contributed by atoms with E-state index in [4.69, 9.17) is 0 Å². The van der Waals surface area contributed by atoms with Gasteiger partial charge in [-0.05, 0) is 43.9 Å². The van der Waals surface area contributed by atoms with Crippen LogP contribution in [0.5, 0.6) is 0 Å². The molecule has 3 rings (SSSR count). The first-order valence-corrected chi connectivity index (χ1v) is 11.0. The summed E-state index contributed by atoms with van der Waals surface area (Å²) < 4.78 is 0.892. The molecule has 1 aromatic carbocycles. The number of aryl methyl sites for hydroxylation is 1. The van der Waals surface area contributed by atoms with Crippen LogP contribution >= 0.6 is 23.1 Å². The van der Waals surface area contributed by atoms with Crippen molar-refractivity contribution in [1.82, 2.24) is 15.5 Å². The topological polar surface area (TPSA) is 66.9 Å². The minimum atomic E-state index is 0.155. The van der Waals surface area contributed by atoms with E-state index in [1.807, 2.05) is 12.1 Å². The summed E-state index contributed by atoms with van der Waals surface area (Å²) in [6, 6.07) is 6.56. The zero-order valence-corrected chi connectivity index (χ0v) is 17.0. The molecule has 0 spiro atoms. The lowest BCUT2D eigenvalue weighted by Crippen LogP contribution is -2.36. The van der Waals surface area contributed by atoms with Crippen LogP contribution in [-0.4, -0.2) is 27.9 Å². The van der Waals surface area contributed by atoms with Gasteiger partial charge in [-0.2, -0.15) is 0 Å². The number of hydrogen-bond acceptors (Lipinski definition) is 6. The number of nitrogens with one attached hydrogen (secondary N) is 2. The number of benzene rings is 1. The number of rotatable bonds is 7. The molecule has 1 aliphatic rings. The predicted octanol–water partition coefficient (Wildman–Crippen LogP) is 4.83. The van der Waals surface area contributed by atoms with Crippen molar-refractivity contribution < 1.29 is 4.79 Å². The minimum absolute atomic E-state index is 0.155. The lowest BCUT2D eigenvalue weighted by molar-refractivity contribution is -0.121. The first-order chi connectivity index (χ1) is 12.6. The summed E-state index contributed by atoms with van der Waals surface area (Å²) in [5.74, 6) is 0.888. The van der Waals surface area contributed by atoms with Crippen LogP contribution in [0.25, 0.3) is 0 Å². The van der Waals surface area contributed by atoms with Gasteiger partial charge in [0.1, 0.15) is 0 Å². The van der Waals surface area contributed by atoms with Crippen LogP contribution in [0, 0.1) is 13.8 Å². The molecule has 1 fully saturated rings. The fraction of sp³-hybridized carbons (Fsp3) is 0.526. The van der Waals surface area contributed by atoms with Gasteiger partial charge in [-0.3, -0.25) is 4.79 Å². The molecule has 7 heteroatoms. The maximum atomic E-state index is 12.0. The van der Waals surface area contributed by atoms with Crippen LogP contribution in [0.1, 0.15) is 49.7 Å². The highest BCUT2D eigenvalue weighted by Gasteiger charge is 2.15. The molecule has 2 aromatic rings. The Kier molecular flexibility index (Phi) is 6.91. The molecule has 0 aliphatic heterocycles. The molecular weight excluding hydrogens is 364 g/mol. The van der Waals surface area contributed by atoms with Crippen LogP contribution in [0.2, 0.25) is 0 Å². The smallest absolute Gasteiger partial charge is 0.221 e. The Bertz CT molecular complexity index is 741. The Labute approximate surface area is 163 Å². The number of aromatic nitrogens is 2. The van der Waals surface area contributed by atoms with Gasteiger partial charge in [-0.1, -0.05) is 54.5 Å². The number of hydrogen-bond donors (Lipinski definition) is 2. The third-order valence-electron chi connectivity index (χ3n) is 4.78. The number of anilines is 2. The second-order valence-corrected chi connectivity index (χ2v) is 9.07. The van der Waals surface area contributed by atoms with Crippen molar-refractivity contribution in [2.45, 2.75) is 62.8 Å². The van der Waals surface area contributed by atoms with Crippen molar-refractivity contribution in [3.63, 3.8) is 0 Å². The van der Waals surface area contributed by atoms with Gasteiger partial charge in [0.25, 0.3) is 0 Å². The van der Waals surface area contributed by atoms with Gasteiger partial charge in [-0.15, -0.1) is 10.2 Å². The second-order valence-electron chi connectivity index (χ2n) is 6.75. The Morgan fingerprint density at radius 2 is 2.04 bits per heavy atom. The van der Waals surface area contributed by atoms with Crippen LogP contribution in [0.4, 0.5) is 10.8 Å². The van der Waals surface area contributed by atoms with Crippen molar-refractivity contribution in [2.75, 3.05) is 11.1 Å². The molecule has 1 aliphatic carbocycles. The van der Waals surface area contributed by atoms with Gasteiger partial charge in [-0.25, -0.2) is 0 Å². The van der Waals surface area contributed by atoms with Crippen molar-refractivity contribution >= 4 is 39.8 Å². The van der Waals surface area contributed by atoms with E-state index in [1.165, 1.54) is 41.7 Å². The average Bonchev–Trinajstić information content (AvgIpc) is 3.07. The normalized spacial score (nSPS) is 15.0. The first kappa shape index (κ1) is 19.2. The molecule has 0 radical (unpaired) electrons. The van der Waals surface area contributed by atoms with Gasteiger partial charge < -0.3 is 10.6 Å². The van der Waals surface area contributed by atoms with Crippen LogP contribution in [0.15, 0.2) is 22.5 Å². The molecule has 1 heterocycles. The molecule has 0 bridgehead atoms. The molecule has 140 valence electrons. The fourth-order valence-corrected chi connectivity index (χ4v) is 4.87. The number of amides is 1.